The highest BCUT2D eigenvalue weighted by Gasteiger charge is 2.25. The molecule has 6 nitrogen and oxygen atoms in total. The summed E-state index contributed by atoms with van der Waals surface area (Å²) in [6.45, 7) is 7.14. The first-order valence-corrected chi connectivity index (χ1v) is 10.4. The van der Waals surface area contributed by atoms with E-state index in [1.54, 1.807) is 24.3 Å². The molecule has 1 saturated carbocycles. The number of rotatable bonds is 11. The van der Waals surface area contributed by atoms with Crippen LogP contribution in [0, 0.1) is 5.92 Å². The van der Waals surface area contributed by atoms with Crippen molar-refractivity contribution in [1.29, 1.82) is 0 Å². The predicted octanol–water partition coefficient (Wildman–Crippen LogP) is 3.31. The molecule has 0 bridgehead atoms. The Labute approximate surface area is 168 Å². The highest BCUT2D eigenvalue weighted by atomic mass is 16.5. The van der Waals surface area contributed by atoms with Crippen LogP contribution in [0.5, 0.6) is 5.75 Å². The van der Waals surface area contributed by atoms with Crippen LogP contribution in [-0.4, -0.2) is 43.7 Å². The third-order valence-corrected chi connectivity index (χ3v) is 4.96. The van der Waals surface area contributed by atoms with Gasteiger partial charge in [-0.15, -0.1) is 0 Å². The van der Waals surface area contributed by atoms with Crippen molar-refractivity contribution >= 4 is 11.8 Å². The van der Waals surface area contributed by atoms with Gasteiger partial charge in [-0.1, -0.05) is 12.8 Å². The minimum Gasteiger partial charge on any atom is -0.491 e. The van der Waals surface area contributed by atoms with Crippen LogP contribution in [0.4, 0.5) is 0 Å². The largest absolute Gasteiger partial charge is 0.491 e. The van der Waals surface area contributed by atoms with Crippen LogP contribution < -0.4 is 15.4 Å². The minimum absolute atomic E-state index is 0.0359. The van der Waals surface area contributed by atoms with Crippen molar-refractivity contribution in [1.82, 2.24) is 10.6 Å². The molecular formula is C22H34N2O4. The number of carbonyl (C=O) groups is 2. The highest BCUT2D eigenvalue weighted by molar-refractivity contribution is 5.96. The van der Waals surface area contributed by atoms with Crippen molar-refractivity contribution in [2.24, 2.45) is 5.92 Å². The molecule has 0 spiro atoms. The molecule has 28 heavy (non-hydrogen) atoms. The maximum atomic E-state index is 12.2. The molecule has 1 aliphatic rings. The smallest absolute Gasteiger partial charge is 0.251 e. The third kappa shape index (κ3) is 7.50. The molecule has 0 aromatic heterocycles. The number of nitrogens with one attached hydrogen (secondary N) is 2. The Kier molecular flexibility index (Phi) is 9.28. The third-order valence-electron chi connectivity index (χ3n) is 4.96. The van der Waals surface area contributed by atoms with Gasteiger partial charge in [0, 0.05) is 18.7 Å². The Morgan fingerprint density at radius 1 is 1.11 bits per heavy atom. The number of carbonyl (C=O) groups excluding carboxylic acids is 2. The van der Waals surface area contributed by atoms with Gasteiger partial charge in [-0.3, -0.25) is 9.59 Å². The van der Waals surface area contributed by atoms with Crippen LogP contribution in [0.15, 0.2) is 24.3 Å². The van der Waals surface area contributed by atoms with Gasteiger partial charge in [-0.25, -0.2) is 0 Å². The summed E-state index contributed by atoms with van der Waals surface area (Å²) < 4.78 is 11.4. The number of benzene rings is 1. The average molecular weight is 391 g/mol. The Bertz CT molecular complexity index is 609. The van der Waals surface area contributed by atoms with E-state index in [9.17, 15) is 9.59 Å². The Morgan fingerprint density at radius 3 is 2.39 bits per heavy atom. The summed E-state index contributed by atoms with van der Waals surface area (Å²) in [5.74, 6) is 0.869. The molecule has 1 atom stereocenters. The molecule has 156 valence electrons. The van der Waals surface area contributed by atoms with Gasteiger partial charge in [-0.2, -0.15) is 0 Å². The van der Waals surface area contributed by atoms with Crippen LogP contribution >= 0.6 is 0 Å². The van der Waals surface area contributed by atoms with Gasteiger partial charge in [-0.05, 0) is 70.2 Å². The summed E-state index contributed by atoms with van der Waals surface area (Å²) in [6, 6.07) is 6.90. The van der Waals surface area contributed by atoms with Gasteiger partial charge < -0.3 is 20.1 Å². The lowest BCUT2D eigenvalue weighted by Crippen LogP contribution is -2.38. The first kappa shape index (κ1) is 22.2. The lowest BCUT2D eigenvalue weighted by Gasteiger charge is -2.23. The van der Waals surface area contributed by atoms with Crippen molar-refractivity contribution in [3.8, 4) is 5.75 Å². The van der Waals surface area contributed by atoms with Crippen LogP contribution in [0.2, 0.25) is 0 Å². The van der Waals surface area contributed by atoms with Gasteiger partial charge in [0.1, 0.15) is 5.75 Å². The first-order valence-electron chi connectivity index (χ1n) is 10.4. The van der Waals surface area contributed by atoms with Crippen LogP contribution in [0.3, 0.4) is 0 Å². The molecule has 6 heteroatoms. The Balaban J connectivity index is 1.68. The van der Waals surface area contributed by atoms with E-state index in [2.05, 4.69) is 10.6 Å². The molecule has 1 aliphatic carbocycles. The van der Waals surface area contributed by atoms with Crippen LogP contribution in [0.25, 0.3) is 0 Å². The summed E-state index contributed by atoms with van der Waals surface area (Å²) in [6.07, 6.45) is 6.10. The fourth-order valence-corrected chi connectivity index (χ4v) is 3.63. The zero-order valence-corrected chi connectivity index (χ0v) is 17.3. The number of amides is 2. The summed E-state index contributed by atoms with van der Waals surface area (Å²) in [4.78, 5) is 24.2. The predicted molar refractivity (Wildman–Crippen MR) is 110 cm³/mol. The van der Waals surface area contributed by atoms with E-state index in [0.717, 1.165) is 12.2 Å². The highest BCUT2D eigenvalue weighted by Crippen LogP contribution is 2.30. The minimum atomic E-state index is -0.274. The quantitative estimate of drug-likeness (QED) is 0.608. The molecule has 1 aromatic carbocycles. The molecule has 1 aromatic rings. The van der Waals surface area contributed by atoms with Crippen molar-refractivity contribution in [3.63, 3.8) is 0 Å². The molecule has 2 rings (SSSR count). The van der Waals surface area contributed by atoms with E-state index >= 15 is 0 Å². The number of ether oxygens (including phenoxy) is 2. The Hall–Kier alpha value is -2.08. The Morgan fingerprint density at radius 2 is 1.79 bits per heavy atom. The zero-order valence-electron chi connectivity index (χ0n) is 17.3. The average Bonchev–Trinajstić information content (AvgIpc) is 3.20. The van der Waals surface area contributed by atoms with Gasteiger partial charge in [0.25, 0.3) is 5.91 Å². The molecule has 0 aliphatic heterocycles. The van der Waals surface area contributed by atoms with E-state index in [1.807, 2.05) is 20.8 Å². The van der Waals surface area contributed by atoms with Gasteiger partial charge in [0.2, 0.25) is 5.91 Å². The van der Waals surface area contributed by atoms with E-state index in [1.165, 1.54) is 25.7 Å². The van der Waals surface area contributed by atoms with Crippen molar-refractivity contribution in [2.75, 3.05) is 19.7 Å². The molecule has 1 unspecified atom stereocenters. The molecule has 2 N–H and O–H groups in total. The summed E-state index contributed by atoms with van der Waals surface area (Å²) in [5, 5.41) is 5.53. The molecule has 0 saturated heterocycles. The summed E-state index contributed by atoms with van der Waals surface area (Å²) >= 11 is 0. The van der Waals surface area contributed by atoms with Crippen LogP contribution in [0.1, 0.15) is 63.2 Å². The number of hydrogen-bond acceptors (Lipinski definition) is 4. The standard InChI is InChI=1S/C22H34N2O4/c1-4-27-20(17-7-5-6-8-17)13-14-23-21(25)15-24-22(26)18-9-11-19(12-10-18)28-16(2)3/h9-12,16-17,20H,4-8,13-15H2,1-3H3,(H,23,25)(H,24,26). The molecule has 2 amide bonds. The van der Waals surface area contributed by atoms with Crippen molar-refractivity contribution in [2.45, 2.75) is 65.1 Å². The molecular weight excluding hydrogens is 356 g/mol. The fourth-order valence-electron chi connectivity index (χ4n) is 3.63. The molecule has 0 heterocycles. The molecule has 1 fully saturated rings. The summed E-state index contributed by atoms with van der Waals surface area (Å²) in [7, 11) is 0. The van der Waals surface area contributed by atoms with Crippen molar-refractivity contribution in [3.05, 3.63) is 29.8 Å². The first-order chi connectivity index (χ1) is 13.5. The van der Waals surface area contributed by atoms with Gasteiger partial charge in [0.05, 0.1) is 18.8 Å². The van der Waals surface area contributed by atoms with Gasteiger partial charge >= 0.3 is 0 Å². The maximum Gasteiger partial charge on any atom is 0.251 e. The second-order valence-electron chi connectivity index (χ2n) is 7.55. The van der Waals surface area contributed by atoms with E-state index in [4.69, 9.17) is 9.47 Å². The number of hydrogen-bond donors (Lipinski definition) is 2. The fraction of sp³-hybridized carbons (Fsp3) is 0.636. The maximum absolute atomic E-state index is 12.2. The van der Waals surface area contributed by atoms with Gasteiger partial charge in [0.15, 0.2) is 0 Å². The van der Waals surface area contributed by atoms with Crippen LogP contribution in [-0.2, 0) is 9.53 Å². The topological polar surface area (TPSA) is 76.7 Å². The lowest BCUT2D eigenvalue weighted by molar-refractivity contribution is -0.120. The zero-order chi connectivity index (χ0) is 20.4. The van der Waals surface area contributed by atoms with E-state index in [-0.39, 0.29) is 30.6 Å². The second kappa shape index (κ2) is 11.7. The second-order valence-corrected chi connectivity index (χ2v) is 7.55. The normalized spacial score (nSPS) is 15.4. The summed E-state index contributed by atoms with van der Waals surface area (Å²) in [5.41, 5.74) is 0.501. The van der Waals surface area contributed by atoms with E-state index < -0.39 is 0 Å². The SMILES string of the molecule is CCOC(CCNC(=O)CNC(=O)c1ccc(OC(C)C)cc1)C1CCCC1. The lowest BCUT2D eigenvalue weighted by atomic mass is 9.98. The van der Waals surface area contributed by atoms with E-state index in [0.29, 0.717) is 24.6 Å². The van der Waals surface area contributed by atoms with Crippen molar-refractivity contribution < 1.29 is 19.1 Å². The monoisotopic (exact) mass is 390 g/mol. The molecule has 0 radical (unpaired) electrons.